The Morgan fingerprint density at radius 1 is 1.30 bits per heavy atom. The van der Waals surface area contributed by atoms with Crippen molar-refractivity contribution < 1.29 is 23.2 Å². The molecule has 140 valence electrons. The Bertz CT molecular complexity index is 945. The molecule has 1 saturated carbocycles. The van der Waals surface area contributed by atoms with Gasteiger partial charge in [-0.15, -0.1) is 10.2 Å². The Balaban J connectivity index is 1.37. The van der Waals surface area contributed by atoms with Gasteiger partial charge in [-0.05, 0) is 25.7 Å². The summed E-state index contributed by atoms with van der Waals surface area (Å²) in [4.78, 5) is 12.4. The Kier molecular flexibility index (Phi) is 4.57. The molecule has 3 aromatic rings. The SMILES string of the molecule is C[C@@H](O)c1nnc(C2CC(CC(=O)c3onc(-c4ccccc4)c3F)C2)o1. The Morgan fingerprint density at radius 3 is 2.70 bits per heavy atom. The first-order valence-electron chi connectivity index (χ1n) is 8.78. The van der Waals surface area contributed by atoms with Crippen LogP contribution in [0.2, 0.25) is 0 Å². The molecule has 7 nitrogen and oxygen atoms in total. The van der Waals surface area contributed by atoms with Crippen LogP contribution in [0.4, 0.5) is 4.39 Å². The highest BCUT2D eigenvalue weighted by Gasteiger charge is 2.37. The van der Waals surface area contributed by atoms with Crippen molar-refractivity contribution in [1.29, 1.82) is 0 Å². The number of aliphatic hydroxyl groups excluding tert-OH is 1. The number of carbonyl (C=O) groups excluding carboxylic acids is 1. The third-order valence-corrected chi connectivity index (χ3v) is 4.81. The van der Waals surface area contributed by atoms with Gasteiger partial charge in [0.2, 0.25) is 29.1 Å². The highest BCUT2D eigenvalue weighted by Crippen LogP contribution is 2.43. The molecule has 0 bridgehead atoms. The summed E-state index contributed by atoms with van der Waals surface area (Å²) in [6, 6.07) is 8.75. The average Bonchev–Trinajstić information content (AvgIpc) is 3.25. The van der Waals surface area contributed by atoms with E-state index in [0.717, 1.165) is 0 Å². The van der Waals surface area contributed by atoms with E-state index in [9.17, 15) is 14.3 Å². The van der Waals surface area contributed by atoms with Crippen molar-refractivity contribution in [3.05, 3.63) is 53.7 Å². The van der Waals surface area contributed by atoms with Crippen molar-refractivity contribution in [2.24, 2.45) is 5.92 Å². The quantitative estimate of drug-likeness (QED) is 0.659. The summed E-state index contributed by atoms with van der Waals surface area (Å²) in [5.41, 5.74) is 0.605. The first-order chi connectivity index (χ1) is 13.0. The summed E-state index contributed by atoms with van der Waals surface area (Å²) in [5, 5.41) is 20.9. The van der Waals surface area contributed by atoms with Crippen LogP contribution < -0.4 is 0 Å². The molecular weight excluding hydrogens is 353 g/mol. The molecule has 1 aliphatic rings. The van der Waals surface area contributed by atoms with Crippen LogP contribution in [0.1, 0.15) is 60.5 Å². The van der Waals surface area contributed by atoms with Gasteiger partial charge < -0.3 is 14.0 Å². The molecule has 0 unspecified atom stereocenters. The van der Waals surface area contributed by atoms with Crippen molar-refractivity contribution in [2.75, 3.05) is 0 Å². The van der Waals surface area contributed by atoms with E-state index in [-0.39, 0.29) is 35.6 Å². The van der Waals surface area contributed by atoms with Crippen molar-refractivity contribution in [3.8, 4) is 11.3 Å². The number of rotatable bonds is 6. The van der Waals surface area contributed by atoms with Crippen LogP contribution in [0, 0.1) is 11.7 Å². The van der Waals surface area contributed by atoms with E-state index in [1.54, 1.807) is 31.2 Å². The molecule has 1 fully saturated rings. The van der Waals surface area contributed by atoms with Crippen LogP contribution in [-0.4, -0.2) is 26.2 Å². The molecule has 4 rings (SSSR count). The van der Waals surface area contributed by atoms with Crippen molar-refractivity contribution in [1.82, 2.24) is 15.4 Å². The molecule has 1 aliphatic carbocycles. The van der Waals surface area contributed by atoms with Gasteiger partial charge in [0.05, 0.1) is 0 Å². The number of aliphatic hydroxyl groups is 1. The second kappa shape index (κ2) is 7.03. The summed E-state index contributed by atoms with van der Waals surface area (Å²) in [5.74, 6) is -0.655. The Hall–Kier alpha value is -2.87. The monoisotopic (exact) mass is 371 g/mol. The summed E-state index contributed by atoms with van der Waals surface area (Å²) < 4.78 is 24.9. The zero-order chi connectivity index (χ0) is 19.0. The molecular formula is C19H18FN3O4. The van der Waals surface area contributed by atoms with E-state index in [1.807, 2.05) is 6.07 Å². The molecule has 0 radical (unpaired) electrons. The van der Waals surface area contributed by atoms with Crippen LogP contribution in [0.15, 0.2) is 39.3 Å². The predicted molar refractivity (Wildman–Crippen MR) is 91.2 cm³/mol. The van der Waals surface area contributed by atoms with Gasteiger partial charge in [-0.1, -0.05) is 35.5 Å². The van der Waals surface area contributed by atoms with Crippen molar-refractivity contribution >= 4 is 5.78 Å². The number of hydrogen-bond donors (Lipinski definition) is 1. The summed E-state index contributed by atoms with van der Waals surface area (Å²) in [6.07, 6.45) is 0.744. The summed E-state index contributed by atoms with van der Waals surface area (Å²) >= 11 is 0. The highest BCUT2D eigenvalue weighted by atomic mass is 19.1. The molecule has 0 aliphatic heterocycles. The van der Waals surface area contributed by atoms with Gasteiger partial charge in [0.1, 0.15) is 11.8 Å². The van der Waals surface area contributed by atoms with Gasteiger partial charge >= 0.3 is 0 Å². The molecule has 1 atom stereocenters. The molecule has 0 saturated heterocycles. The zero-order valence-corrected chi connectivity index (χ0v) is 14.6. The van der Waals surface area contributed by atoms with Gasteiger partial charge in [-0.2, -0.15) is 0 Å². The fourth-order valence-electron chi connectivity index (χ4n) is 3.27. The van der Waals surface area contributed by atoms with Crippen molar-refractivity contribution in [3.63, 3.8) is 0 Å². The number of benzene rings is 1. The second-order valence-electron chi connectivity index (χ2n) is 6.86. The molecule has 0 spiro atoms. The topological polar surface area (TPSA) is 102 Å². The van der Waals surface area contributed by atoms with E-state index < -0.39 is 17.7 Å². The normalized spacial score (nSPS) is 20.3. The summed E-state index contributed by atoms with van der Waals surface area (Å²) in [7, 11) is 0. The van der Waals surface area contributed by atoms with E-state index >= 15 is 0 Å². The van der Waals surface area contributed by atoms with Crippen LogP contribution in [0.3, 0.4) is 0 Å². The molecule has 1 N–H and O–H groups in total. The number of nitrogens with zero attached hydrogens (tertiary/aromatic N) is 3. The first-order valence-corrected chi connectivity index (χ1v) is 8.78. The van der Waals surface area contributed by atoms with E-state index in [2.05, 4.69) is 15.4 Å². The molecule has 0 amide bonds. The van der Waals surface area contributed by atoms with E-state index in [1.165, 1.54) is 0 Å². The third kappa shape index (κ3) is 3.40. The van der Waals surface area contributed by atoms with Crippen LogP contribution >= 0.6 is 0 Å². The Labute approximate surface area is 154 Å². The third-order valence-electron chi connectivity index (χ3n) is 4.81. The van der Waals surface area contributed by atoms with Gasteiger partial charge in [0, 0.05) is 17.9 Å². The van der Waals surface area contributed by atoms with Gasteiger partial charge in [0.25, 0.3) is 0 Å². The van der Waals surface area contributed by atoms with Gasteiger partial charge in [0.15, 0.2) is 0 Å². The average molecular weight is 371 g/mol. The number of halogens is 1. The minimum absolute atomic E-state index is 0.0435. The largest absolute Gasteiger partial charge is 0.422 e. The zero-order valence-electron chi connectivity index (χ0n) is 14.6. The minimum Gasteiger partial charge on any atom is -0.422 e. The van der Waals surface area contributed by atoms with Crippen LogP contribution in [0.5, 0.6) is 0 Å². The molecule has 8 heteroatoms. The molecule has 1 aromatic carbocycles. The molecule has 2 aromatic heterocycles. The molecule has 2 heterocycles. The lowest BCUT2D eigenvalue weighted by Gasteiger charge is -2.32. The number of ketones is 1. The fourth-order valence-corrected chi connectivity index (χ4v) is 3.27. The first kappa shape index (κ1) is 17.5. The highest BCUT2D eigenvalue weighted by molar-refractivity contribution is 5.94. The number of carbonyl (C=O) groups is 1. The van der Waals surface area contributed by atoms with Gasteiger partial charge in [-0.25, -0.2) is 4.39 Å². The maximum Gasteiger partial charge on any atom is 0.244 e. The fraction of sp³-hybridized carbons (Fsp3) is 0.368. The number of aromatic nitrogens is 3. The van der Waals surface area contributed by atoms with Crippen molar-refractivity contribution in [2.45, 2.75) is 38.2 Å². The maximum atomic E-state index is 14.5. The summed E-state index contributed by atoms with van der Waals surface area (Å²) in [6.45, 7) is 1.55. The smallest absolute Gasteiger partial charge is 0.244 e. The van der Waals surface area contributed by atoms with Gasteiger partial charge in [-0.3, -0.25) is 4.79 Å². The lowest BCUT2D eigenvalue weighted by molar-refractivity contribution is 0.0872. The lowest BCUT2D eigenvalue weighted by atomic mass is 9.72. The van der Waals surface area contributed by atoms with E-state index in [4.69, 9.17) is 8.94 Å². The maximum absolute atomic E-state index is 14.5. The minimum atomic E-state index is -0.808. The predicted octanol–water partition coefficient (Wildman–Crippen LogP) is 3.68. The van der Waals surface area contributed by atoms with Crippen LogP contribution in [0.25, 0.3) is 11.3 Å². The Morgan fingerprint density at radius 2 is 2.04 bits per heavy atom. The number of hydrogen-bond acceptors (Lipinski definition) is 7. The van der Waals surface area contributed by atoms with Crippen LogP contribution in [-0.2, 0) is 0 Å². The molecule has 27 heavy (non-hydrogen) atoms. The second-order valence-corrected chi connectivity index (χ2v) is 6.86. The number of Topliss-reactive ketones (excluding diaryl/α,β-unsaturated/α-hetero) is 1. The van der Waals surface area contributed by atoms with E-state index in [0.29, 0.717) is 24.3 Å². The standard InChI is InChI=1S/C19H18FN3O4/c1-10(24)18-21-22-19(26-18)13-7-11(8-13)9-14(25)17-15(20)16(23-27-17)12-5-3-2-4-6-12/h2-6,10-11,13,24H,7-9H2,1H3/t10-,11?,13?/m1/s1. The lowest BCUT2D eigenvalue weighted by Crippen LogP contribution is -2.24.